The van der Waals surface area contributed by atoms with E-state index >= 15 is 0 Å². The van der Waals surface area contributed by atoms with Gasteiger partial charge in [-0.25, -0.2) is 9.78 Å². The number of nitrogens with zero attached hydrogens (tertiary/aromatic N) is 3. The summed E-state index contributed by atoms with van der Waals surface area (Å²) in [5.41, 5.74) is -0.139. The van der Waals surface area contributed by atoms with Gasteiger partial charge in [0.05, 0.1) is 34.7 Å². The lowest BCUT2D eigenvalue weighted by molar-refractivity contribution is -0.121. The van der Waals surface area contributed by atoms with Crippen LogP contribution in [0.1, 0.15) is 56.2 Å². The largest absolute Gasteiger partial charge is 0.462 e. The topological polar surface area (TPSA) is 116 Å². The van der Waals surface area contributed by atoms with Crippen LogP contribution in [0.15, 0.2) is 11.1 Å². The Bertz CT molecular complexity index is 810. The molecule has 1 aromatic heterocycles. The standard InChI is InChI=1S/C19H24N4O3S/c1-7-26-18(25)15-8-14(9-20)17(22-12(15)4)27-13(5)16(24)23-19(6,10-21)11(2)3/h8,11,13H,7H2,1-6H3,(H,23,24)/t13-,19+/m0/s1. The van der Waals surface area contributed by atoms with Crippen molar-refractivity contribution in [3.8, 4) is 12.1 Å². The van der Waals surface area contributed by atoms with Crippen molar-refractivity contribution in [2.45, 2.75) is 57.4 Å². The zero-order valence-corrected chi connectivity index (χ0v) is 17.2. The fourth-order valence-corrected chi connectivity index (χ4v) is 2.97. The van der Waals surface area contributed by atoms with Gasteiger partial charge in [-0.15, -0.1) is 0 Å². The molecule has 1 aromatic rings. The van der Waals surface area contributed by atoms with Crippen molar-refractivity contribution < 1.29 is 14.3 Å². The molecular weight excluding hydrogens is 364 g/mol. The molecule has 0 saturated heterocycles. The molecule has 27 heavy (non-hydrogen) atoms. The molecule has 0 aromatic carbocycles. The monoisotopic (exact) mass is 388 g/mol. The predicted octanol–water partition coefficient (Wildman–Crippen LogP) is 2.97. The highest BCUT2D eigenvalue weighted by atomic mass is 32.2. The molecule has 1 rings (SSSR count). The number of ether oxygens (including phenoxy) is 1. The van der Waals surface area contributed by atoms with E-state index in [-0.39, 0.29) is 29.6 Å². The van der Waals surface area contributed by atoms with E-state index in [2.05, 4.69) is 16.4 Å². The Balaban J connectivity index is 3.06. The third-order valence-electron chi connectivity index (χ3n) is 4.22. The fraction of sp³-hybridized carbons (Fsp3) is 0.526. The van der Waals surface area contributed by atoms with Crippen LogP contribution in [0.3, 0.4) is 0 Å². The van der Waals surface area contributed by atoms with Crippen molar-refractivity contribution in [1.29, 1.82) is 10.5 Å². The summed E-state index contributed by atoms with van der Waals surface area (Å²) in [6.45, 7) is 10.6. The molecule has 8 heteroatoms. The highest BCUT2D eigenvalue weighted by Gasteiger charge is 2.32. The molecule has 0 saturated carbocycles. The van der Waals surface area contributed by atoms with Crippen molar-refractivity contribution in [1.82, 2.24) is 10.3 Å². The summed E-state index contributed by atoms with van der Waals surface area (Å²) in [7, 11) is 0. The number of amides is 1. The van der Waals surface area contributed by atoms with Gasteiger partial charge in [0, 0.05) is 0 Å². The Hall–Kier alpha value is -2.58. The molecule has 0 radical (unpaired) electrons. The molecule has 0 unspecified atom stereocenters. The van der Waals surface area contributed by atoms with Gasteiger partial charge < -0.3 is 10.1 Å². The number of thioether (sulfide) groups is 1. The van der Waals surface area contributed by atoms with E-state index in [9.17, 15) is 20.1 Å². The summed E-state index contributed by atoms with van der Waals surface area (Å²) in [5, 5.41) is 21.3. The van der Waals surface area contributed by atoms with Gasteiger partial charge in [-0.3, -0.25) is 4.79 Å². The lowest BCUT2D eigenvalue weighted by Gasteiger charge is -2.28. The molecule has 1 N–H and O–H groups in total. The molecule has 1 heterocycles. The minimum Gasteiger partial charge on any atom is -0.462 e. The van der Waals surface area contributed by atoms with Crippen molar-refractivity contribution in [3.63, 3.8) is 0 Å². The second-order valence-corrected chi connectivity index (χ2v) is 7.85. The molecule has 2 atom stereocenters. The van der Waals surface area contributed by atoms with Crippen LogP contribution >= 0.6 is 11.8 Å². The number of hydrogen-bond acceptors (Lipinski definition) is 7. The number of pyridine rings is 1. The number of carbonyl (C=O) groups excluding carboxylic acids is 2. The van der Waals surface area contributed by atoms with E-state index in [4.69, 9.17) is 4.74 Å². The third-order valence-corrected chi connectivity index (χ3v) is 5.32. The normalized spacial score (nSPS) is 13.8. The molecule has 0 fully saturated rings. The van der Waals surface area contributed by atoms with Crippen LogP contribution in [0.2, 0.25) is 0 Å². The van der Waals surface area contributed by atoms with Crippen LogP contribution in [-0.4, -0.2) is 34.3 Å². The highest BCUT2D eigenvalue weighted by molar-refractivity contribution is 8.00. The number of nitriles is 2. The van der Waals surface area contributed by atoms with E-state index in [0.29, 0.717) is 10.7 Å². The molecule has 0 bridgehead atoms. The first kappa shape index (κ1) is 22.5. The molecule has 7 nitrogen and oxygen atoms in total. The molecule has 0 aliphatic rings. The van der Waals surface area contributed by atoms with Gasteiger partial charge >= 0.3 is 5.97 Å². The van der Waals surface area contributed by atoms with Gasteiger partial charge in [-0.05, 0) is 39.7 Å². The van der Waals surface area contributed by atoms with Gasteiger partial charge in [0.1, 0.15) is 16.6 Å². The summed E-state index contributed by atoms with van der Waals surface area (Å²) in [4.78, 5) is 28.8. The maximum absolute atomic E-state index is 12.5. The summed E-state index contributed by atoms with van der Waals surface area (Å²) in [5.74, 6) is -0.929. The second-order valence-electron chi connectivity index (χ2n) is 6.52. The lowest BCUT2D eigenvalue weighted by atomic mass is 9.90. The minimum absolute atomic E-state index is 0.0671. The lowest BCUT2D eigenvalue weighted by Crippen LogP contribution is -2.51. The van der Waals surface area contributed by atoms with Crippen LogP contribution in [-0.2, 0) is 9.53 Å². The Morgan fingerprint density at radius 2 is 2.00 bits per heavy atom. The van der Waals surface area contributed by atoms with E-state index < -0.39 is 16.8 Å². The van der Waals surface area contributed by atoms with Crippen molar-refractivity contribution >= 4 is 23.6 Å². The van der Waals surface area contributed by atoms with Crippen molar-refractivity contribution in [2.24, 2.45) is 5.92 Å². The first-order valence-electron chi connectivity index (χ1n) is 8.58. The van der Waals surface area contributed by atoms with Gasteiger partial charge in [-0.1, -0.05) is 25.6 Å². The zero-order valence-electron chi connectivity index (χ0n) is 16.4. The fourth-order valence-electron chi connectivity index (χ4n) is 2.05. The van der Waals surface area contributed by atoms with E-state index in [1.165, 1.54) is 6.07 Å². The SMILES string of the molecule is CCOC(=O)c1cc(C#N)c(S[C@@H](C)C(=O)N[C@](C)(C#N)C(C)C)nc1C. The molecule has 0 aliphatic heterocycles. The van der Waals surface area contributed by atoms with Crippen LogP contribution < -0.4 is 5.32 Å². The van der Waals surface area contributed by atoms with Crippen LogP contribution in [0.4, 0.5) is 0 Å². The molecule has 0 aliphatic carbocycles. The third kappa shape index (κ3) is 5.45. The van der Waals surface area contributed by atoms with Gasteiger partial charge in [0.15, 0.2) is 0 Å². The average Bonchev–Trinajstić information content (AvgIpc) is 2.61. The van der Waals surface area contributed by atoms with Crippen molar-refractivity contribution in [2.75, 3.05) is 6.61 Å². The first-order valence-corrected chi connectivity index (χ1v) is 9.46. The number of nitrogens with one attached hydrogen (secondary N) is 1. The molecular formula is C19H24N4O3S. The number of esters is 1. The number of aromatic nitrogens is 1. The van der Waals surface area contributed by atoms with Crippen LogP contribution in [0, 0.1) is 35.5 Å². The van der Waals surface area contributed by atoms with Crippen LogP contribution in [0.5, 0.6) is 0 Å². The molecule has 144 valence electrons. The Labute approximate surface area is 164 Å². The van der Waals surface area contributed by atoms with Crippen molar-refractivity contribution in [3.05, 3.63) is 22.9 Å². The molecule has 1 amide bonds. The maximum atomic E-state index is 12.5. The Morgan fingerprint density at radius 3 is 2.48 bits per heavy atom. The van der Waals surface area contributed by atoms with Gasteiger partial charge in [0.2, 0.25) is 5.91 Å². The van der Waals surface area contributed by atoms with E-state index in [1.807, 2.05) is 19.9 Å². The number of carbonyl (C=O) groups is 2. The van der Waals surface area contributed by atoms with Gasteiger partial charge in [-0.2, -0.15) is 10.5 Å². The van der Waals surface area contributed by atoms with E-state index in [0.717, 1.165) is 11.8 Å². The smallest absolute Gasteiger partial charge is 0.340 e. The summed E-state index contributed by atoms with van der Waals surface area (Å²) >= 11 is 1.11. The second kappa shape index (κ2) is 9.38. The maximum Gasteiger partial charge on any atom is 0.340 e. The number of rotatable bonds is 7. The van der Waals surface area contributed by atoms with E-state index in [1.54, 1.807) is 27.7 Å². The predicted molar refractivity (Wildman–Crippen MR) is 102 cm³/mol. The Kier molecular flexibility index (Phi) is 7.81. The number of hydrogen-bond donors (Lipinski definition) is 1. The summed E-state index contributed by atoms with van der Waals surface area (Å²) in [6.07, 6.45) is 0. The first-order chi connectivity index (χ1) is 12.6. The van der Waals surface area contributed by atoms with Crippen LogP contribution in [0.25, 0.3) is 0 Å². The highest BCUT2D eigenvalue weighted by Crippen LogP contribution is 2.28. The Morgan fingerprint density at radius 1 is 1.37 bits per heavy atom. The summed E-state index contributed by atoms with van der Waals surface area (Å²) in [6, 6.07) is 5.57. The van der Waals surface area contributed by atoms with Gasteiger partial charge in [0.25, 0.3) is 0 Å². The summed E-state index contributed by atoms with van der Waals surface area (Å²) < 4.78 is 4.97. The zero-order chi connectivity index (χ0) is 20.8. The molecule has 0 spiro atoms. The quantitative estimate of drug-likeness (QED) is 0.564. The minimum atomic E-state index is -0.985. The number of aryl methyl sites for hydroxylation is 1. The average molecular weight is 388 g/mol.